The molecule has 2 rings (SSSR count). The first kappa shape index (κ1) is 20.6. The maximum Gasteiger partial charge on any atom is 0.344 e. The summed E-state index contributed by atoms with van der Waals surface area (Å²) in [5, 5.41) is 0.0150. The number of benzene rings is 1. The van der Waals surface area contributed by atoms with E-state index in [1.165, 1.54) is 19.9 Å². The van der Waals surface area contributed by atoms with Crippen LogP contribution in [0, 0.1) is 19.7 Å². The largest absolute Gasteiger partial charge is 0.480 e. The van der Waals surface area contributed by atoms with E-state index in [4.69, 9.17) is 21.1 Å². The van der Waals surface area contributed by atoms with Gasteiger partial charge >= 0.3 is 5.97 Å². The Hall–Kier alpha value is -2.67. The highest BCUT2D eigenvalue weighted by atomic mass is 35.5. The van der Waals surface area contributed by atoms with Crippen LogP contribution < -0.4 is 4.74 Å². The number of aryl methyl sites for hydroxylation is 1. The third-order valence-electron chi connectivity index (χ3n) is 3.95. The number of ketones is 2. The zero-order valence-electron chi connectivity index (χ0n) is 15.3. The summed E-state index contributed by atoms with van der Waals surface area (Å²) in [7, 11) is 0. The van der Waals surface area contributed by atoms with E-state index in [2.05, 4.69) is 4.98 Å². The molecule has 6 nitrogen and oxygen atoms in total. The molecule has 0 aliphatic heterocycles. The van der Waals surface area contributed by atoms with Crippen LogP contribution in [0.1, 0.15) is 46.0 Å². The highest BCUT2D eigenvalue weighted by Gasteiger charge is 2.26. The van der Waals surface area contributed by atoms with Crippen LogP contribution in [0.2, 0.25) is 5.02 Å². The lowest BCUT2D eigenvalue weighted by atomic mass is 10.0. The Balaban J connectivity index is 2.01. The van der Waals surface area contributed by atoms with E-state index >= 15 is 0 Å². The number of nitrogens with one attached hydrogen (secondary N) is 1. The lowest BCUT2D eigenvalue weighted by Crippen LogP contribution is -2.28. The summed E-state index contributed by atoms with van der Waals surface area (Å²) in [5.41, 5.74) is 1.77. The Bertz CT molecular complexity index is 906. The van der Waals surface area contributed by atoms with E-state index in [9.17, 15) is 18.8 Å². The number of hydrogen-bond donors (Lipinski definition) is 1. The van der Waals surface area contributed by atoms with Crippen LogP contribution in [0.15, 0.2) is 18.2 Å². The number of Topliss-reactive ketones (excluding diaryl/α,β-unsaturated/α-hetero) is 2. The fourth-order valence-electron chi connectivity index (χ4n) is 2.74. The first-order chi connectivity index (χ1) is 12.6. The molecule has 0 bridgehead atoms. The van der Waals surface area contributed by atoms with Gasteiger partial charge in [-0.2, -0.15) is 0 Å². The molecule has 0 spiro atoms. The van der Waals surface area contributed by atoms with Gasteiger partial charge in [-0.3, -0.25) is 9.59 Å². The normalized spacial score (nSPS) is 11.8. The van der Waals surface area contributed by atoms with Gasteiger partial charge < -0.3 is 14.5 Å². The topological polar surface area (TPSA) is 85.5 Å². The summed E-state index contributed by atoms with van der Waals surface area (Å²) in [5.74, 6) is -1.82. The number of aromatic amines is 1. The SMILES string of the molecule is CC(=O)c1c(C)[nH]c(C(=O)[C@@H](C)OC(=O)COc2ccc(F)cc2Cl)c1C. The first-order valence-corrected chi connectivity index (χ1v) is 8.51. The number of H-pyrrole nitrogens is 1. The number of hydrogen-bond acceptors (Lipinski definition) is 5. The van der Waals surface area contributed by atoms with E-state index in [1.807, 2.05) is 0 Å². The van der Waals surface area contributed by atoms with E-state index in [0.29, 0.717) is 16.8 Å². The molecule has 0 fully saturated rings. The van der Waals surface area contributed by atoms with E-state index in [1.54, 1.807) is 13.8 Å². The van der Waals surface area contributed by atoms with Crippen molar-refractivity contribution in [1.82, 2.24) is 4.98 Å². The minimum absolute atomic E-state index is 0.0150. The Morgan fingerprint density at radius 1 is 1.26 bits per heavy atom. The molecule has 0 saturated heterocycles. The Labute approximate surface area is 160 Å². The lowest BCUT2D eigenvalue weighted by Gasteiger charge is -2.13. The summed E-state index contributed by atoms with van der Waals surface area (Å²) < 4.78 is 23.3. The number of aromatic nitrogens is 1. The van der Waals surface area contributed by atoms with Crippen LogP contribution in [0.3, 0.4) is 0 Å². The molecule has 1 heterocycles. The van der Waals surface area contributed by atoms with Crippen molar-refractivity contribution in [3.63, 3.8) is 0 Å². The second kappa shape index (κ2) is 8.35. The van der Waals surface area contributed by atoms with Crippen molar-refractivity contribution < 1.29 is 28.2 Å². The van der Waals surface area contributed by atoms with Gasteiger partial charge in [0, 0.05) is 11.3 Å². The number of ether oxygens (including phenoxy) is 2. The van der Waals surface area contributed by atoms with E-state index < -0.39 is 30.3 Å². The monoisotopic (exact) mass is 395 g/mol. The van der Waals surface area contributed by atoms with E-state index in [-0.39, 0.29) is 22.2 Å². The maximum absolute atomic E-state index is 13.0. The molecule has 2 aromatic rings. The average molecular weight is 396 g/mol. The van der Waals surface area contributed by atoms with Crippen molar-refractivity contribution >= 4 is 29.1 Å². The molecule has 27 heavy (non-hydrogen) atoms. The van der Waals surface area contributed by atoms with Gasteiger partial charge in [-0.15, -0.1) is 0 Å². The molecule has 0 unspecified atom stereocenters. The molecular weight excluding hydrogens is 377 g/mol. The number of rotatable bonds is 7. The van der Waals surface area contributed by atoms with Crippen molar-refractivity contribution in [3.8, 4) is 5.75 Å². The van der Waals surface area contributed by atoms with Gasteiger partial charge in [0.05, 0.1) is 10.7 Å². The van der Waals surface area contributed by atoms with Gasteiger partial charge in [-0.1, -0.05) is 11.6 Å². The third kappa shape index (κ3) is 4.74. The van der Waals surface area contributed by atoms with Crippen molar-refractivity contribution in [2.24, 2.45) is 0 Å². The van der Waals surface area contributed by atoms with Gasteiger partial charge in [-0.05, 0) is 51.5 Å². The zero-order valence-corrected chi connectivity index (χ0v) is 16.1. The molecule has 1 atom stereocenters. The summed E-state index contributed by atoms with van der Waals surface area (Å²) in [6.45, 7) is 5.69. The van der Waals surface area contributed by atoms with Gasteiger partial charge in [0.25, 0.3) is 0 Å². The molecule has 1 aromatic heterocycles. The lowest BCUT2D eigenvalue weighted by molar-refractivity contribution is -0.148. The minimum Gasteiger partial charge on any atom is -0.480 e. The van der Waals surface area contributed by atoms with Gasteiger partial charge in [0.1, 0.15) is 11.6 Å². The smallest absolute Gasteiger partial charge is 0.344 e. The van der Waals surface area contributed by atoms with Gasteiger partial charge in [0.15, 0.2) is 18.5 Å². The van der Waals surface area contributed by atoms with Crippen LogP contribution in [0.5, 0.6) is 5.75 Å². The molecule has 1 aromatic carbocycles. The Morgan fingerprint density at radius 3 is 2.48 bits per heavy atom. The highest BCUT2D eigenvalue weighted by Crippen LogP contribution is 2.25. The molecule has 0 aliphatic carbocycles. The number of halogens is 2. The molecule has 0 amide bonds. The molecule has 1 N–H and O–H groups in total. The quantitative estimate of drug-likeness (QED) is 0.569. The fraction of sp³-hybridized carbons (Fsp3) is 0.316. The van der Waals surface area contributed by atoms with Crippen LogP contribution in [0.4, 0.5) is 4.39 Å². The molecule has 0 radical (unpaired) electrons. The molecule has 0 aliphatic rings. The molecular formula is C19H19ClFNO5. The predicted octanol–water partition coefficient (Wildman–Crippen LogP) is 3.82. The summed E-state index contributed by atoms with van der Waals surface area (Å²) in [4.78, 5) is 39.0. The van der Waals surface area contributed by atoms with Gasteiger partial charge in [-0.25, -0.2) is 9.18 Å². The standard InChI is InChI=1S/C19H19ClFNO5/c1-9-17(11(3)23)10(2)22-18(9)19(25)12(4)27-16(24)8-26-15-6-5-13(21)7-14(15)20/h5-7,12,22H,8H2,1-4H3/t12-/m1/s1. The molecule has 0 saturated carbocycles. The van der Waals surface area contributed by atoms with E-state index in [0.717, 1.165) is 12.1 Å². The molecule has 144 valence electrons. The number of esters is 1. The predicted molar refractivity (Wildman–Crippen MR) is 97.1 cm³/mol. The van der Waals surface area contributed by atoms with Crippen LogP contribution in [0.25, 0.3) is 0 Å². The van der Waals surface area contributed by atoms with Crippen molar-refractivity contribution in [2.75, 3.05) is 6.61 Å². The second-order valence-electron chi connectivity index (χ2n) is 6.04. The van der Waals surface area contributed by atoms with Crippen LogP contribution in [-0.2, 0) is 9.53 Å². The maximum atomic E-state index is 13.0. The Kier molecular flexibility index (Phi) is 6.38. The summed E-state index contributed by atoms with van der Waals surface area (Å²) >= 11 is 5.81. The van der Waals surface area contributed by atoms with Crippen LogP contribution >= 0.6 is 11.6 Å². The first-order valence-electron chi connectivity index (χ1n) is 8.13. The average Bonchev–Trinajstić information content (AvgIpc) is 2.87. The minimum atomic E-state index is -1.08. The summed E-state index contributed by atoms with van der Waals surface area (Å²) in [6, 6.07) is 3.48. The van der Waals surface area contributed by atoms with Gasteiger partial charge in [0.2, 0.25) is 5.78 Å². The number of carbonyl (C=O) groups excluding carboxylic acids is 3. The highest BCUT2D eigenvalue weighted by molar-refractivity contribution is 6.32. The Morgan fingerprint density at radius 2 is 1.93 bits per heavy atom. The summed E-state index contributed by atoms with van der Waals surface area (Å²) in [6.07, 6.45) is -1.08. The van der Waals surface area contributed by atoms with Crippen molar-refractivity contribution in [1.29, 1.82) is 0 Å². The van der Waals surface area contributed by atoms with Crippen LogP contribution in [-0.4, -0.2) is 35.2 Å². The van der Waals surface area contributed by atoms with Crippen molar-refractivity contribution in [3.05, 3.63) is 51.6 Å². The zero-order chi connectivity index (χ0) is 20.3. The second-order valence-corrected chi connectivity index (χ2v) is 6.45. The molecule has 8 heteroatoms. The van der Waals surface area contributed by atoms with Crippen molar-refractivity contribution in [2.45, 2.75) is 33.8 Å². The third-order valence-corrected chi connectivity index (χ3v) is 4.25. The fourth-order valence-corrected chi connectivity index (χ4v) is 2.96. The number of carbonyl (C=O) groups is 3.